The smallest absolute Gasteiger partial charge is 0.227 e. The van der Waals surface area contributed by atoms with Crippen LogP contribution >= 0.6 is 0 Å². The molecule has 1 saturated heterocycles. The van der Waals surface area contributed by atoms with Crippen LogP contribution in [0.15, 0.2) is 24.8 Å². The number of nitrogens with zero attached hydrogens (tertiary/aromatic N) is 5. The normalized spacial score (nSPS) is 19.0. The number of H-pyrrole nitrogens is 1. The minimum absolute atomic E-state index is 0.0180. The van der Waals surface area contributed by atoms with E-state index in [1.54, 1.807) is 24.8 Å². The molecule has 8 nitrogen and oxygen atoms in total. The summed E-state index contributed by atoms with van der Waals surface area (Å²) in [5.74, 6) is -0.467. The fraction of sp³-hybridized carbons (Fsp3) is 0.333. The largest absolute Gasteiger partial charge is 0.349 e. The van der Waals surface area contributed by atoms with Crippen molar-refractivity contribution in [1.82, 2.24) is 24.2 Å². The standard InChI is InChI=1S/C15H14N6O2S/c16-3-6-24(22,23)21-5-2-10(8-21)14-13-11-1-4-17-15(11)18-7-12(13)19-9-20-14/h1,4,7,9-10H,2,5-6,8H2,(H,19,20). The molecule has 1 unspecified atom stereocenters. The second kappa shape index (κ2) is 5.51. The number of aromatic nitrogens is 4. The summed E-state index contributed by atoms with van der Waals surface area (Å²) >= 11 is 0. The molecule has 0 bridgehead atoms. The fourth-order valence-electron chi connectivity index (χ4n) is 3.29. The number of pyridine rings is 1. The molecular weight excluding hydrogens is 328 g/mol. The molecule has 1 aliphatic rings. The summed E-state index contributed by atoms with van der Waals surface area (Å²) < 4.78 is 25.6. The molecule has 122 valence electrons. The van der Waals surface area contributed by atoms with Crippen LogP contribution < -0.4 is 0 Å². The summed E-state index contributed by atoms with van der Waals surface area (Å²) in [5.41, 5.74) is 2.34. The number of aromatic amines is 1. The van der Waals surface area contributed by atoms with Crippen LogP contribution in [-0.2, 0) is 10.0 Å². The highest BCUT2D eigenvalue weighted by atomic mass is 32.2. The molecule has 0 aromatic carbocycles. The first-order valence-electron chi connectivity index (χ1n) is 7.51. The van der Waals surface area contributed by atoms with Gasteiger partial charge in [0.15, 0.2) is 11.4 Å². The van der Waals surface area contributed by atoms with Gasteiger partial charge in [0, 0.05) is 41.7 Å². The lowest BCUT2D eigenvalue weighted by molar-refractivity contribution is 0.475. The highest BCUT2D eigenvalue weighted by molar-refractivity contribution is 7.89. The number of sulfonamides is 1. The monoisotopic (exact) mass is 342 g/mol. The third kappa shape index (κ3) is 2.31. The van der Waals surface area contributed by atoms with Crippen LogP contribution in [0.3, 0.4) is 0 Å². The molecule has 1 aliphatic heterocycles. The minimum Gasteiger partial charge on any atom is -0.349 e. The van der Waals surface area contributed by atoms with Gasteiger partial charge in [-0.15, -0.1) is 0 Å². The Morgan fingerprint density at radius 1 is 1.38 bits per heavy atom. The SMILES string of the molecule is N#CCS(=O)(=O)N1CCC(c2[nH]cnc3cnc4nccc4c23)C1. The van der Waals surface area contributed by atoms with Crippen LogP contribution in [0.1, 0.15) is 18.0 Å². The van der Waals surface area contributed by atoms with Crippen molar-refractivity contribution in [1.29, 1.82) is 5.26 Å². The molecule has 0 radical (unpaired) electrons. The van der Waals surface area contributed by atoms with Crippen LogP contribution in [0.5, 0.6) is 0 Å². The van der Waals surface area contributed by atoms with E-state index in [-0.39, 0.29) is 5.92 Å². The van der Waals surface area contributed by atoms with Crippen molar-refractivity contribution in [3.05, 3.63) is 30.5 Å². The van der Waals surface area contributed by atoms with Gasteiger partial charge in [-0.25, -0.2) is 27.7 Å². The summed E-state index contributed by atoms with van der Waals surface area (Å²) in [4.78, 5) is 16.0. The molecule has 1 fully saturated rings. The number of rotatable bonds is 3. The van der Waals surface area contributed by atoms with E-state index >= 15 is 0 Å². The van der Waals surface area contributed by atoms with Gasteiger partial charge in [0.2, 0.25) is 10.0 Å². The van der Waals surface area contributed by atoms with E-state index in [4.69, 9.17) is 5.26 Å². The maximum Gasteiger partial charge on any atom is 0.227 e. The minimum atomic E-state index is -3.52. The predicted octanol–water partition coefficient (Wildman–Crippen LogP) is 1.15. The maximum absolute atomic E-state index is 12.1. The van der Waals surface area contributed by atoms with E-state index in [0.29, 0.717) is 25.2 Å². The molecule has 0 spiro atoms. The Labute approximate surface area is 138 Å². The third-order valence-electron chi connectivity index (χ3n) is 4.41. The predicted molar refractivity (Wildman–Crippen MR) is 87.5 cm³/mol. The van der Waals surface area contributed by atoms with Crippen LogP contribution in [0.4, 0.5) is 0 Å². The van der Waals surface area contributed by atoms with E-state index in [0.717, 1.165) is 22.0 Å². The lowest BCUT2D eigenvalue weighted by Crippen LogP contribution is -2.30. The molecule has 0 aliphatic carbocycles. The van der Waals surface area contributed by atoms with Crippen molar-refractivity contribution in [2.24, 2.45) is 0 Å². The first kappa shape index (κ1) is 15.0. The first-order valence-corrected chi connectivity index (χ1v) is 9.12. The zero-order valence-corrected chi connectivity index (χ0v) is 13.5. The van der Waals surface area contributed by atoms with E-state index in [2.05, 4.69) is 19.9 Å². The Morgan fingerprint density at radius 2 is 2.25 bits per heavy atom. The van der Waals surface area contributed by atoms with Gasteiger partial charge in [-0.05, 0) is 12.5 Å². The van der Waals surface area contributed by atoms with E-state index in [1.807, 2.05) is 6.07 Å². The van der Waals surface area contributed by atoms with E-state index in [9.17, 15) is 8.42 Å². The summed E-state index contributed by atoms with van der Waals surface area (Å²) in [5, 5.41) is 10.5. The van der Waals surface area contributed by atoms with E-state index in [1.165, 1.54) is 4.31 Å². The highest BCUT2D eigenvalue weighted by Crippen LogP contribution is 2.34. The van der Waals surface area contributed by atoms with Crippen molar-refractivity contribution in [3.8, 4) is 6.07 Å². The molecule has 3 aromatic heterocycles. The Balaban J connectivity index is 1.78. The Bertz CT molecular complexity index is 1070. The van der Waals surface area contributed by atoms with Crippen molar-refractivity contribution in [3.63, 3.8) is 0 Å². The molecule has 0 saturated carbocycles. The number of nitriles is 1. The van der Waals surface area contributed by atoms with Crippen LogP contribution in [0.2, 0.25) is 0 Å². The molecule has 1 atom stereocenters. The second-order valence-electron chi connectivity index (χ2n) is 5.77. The Hall–Kier alpha value is -2.57. The molecule has 24 heavy (non-hydrogen) atoms. The summed E-state index contributed by atoms with van der Waals surface area (Å²) in [6, 6.07) is 3.62. The highest BCUT2D eigenvalue weighted by Gasteiger charge is 2.33. The van der Waals surface area contributed by atoms with Crippen molar-refractivity contribution >= 4 is 32.0 Å². The summed E-state index contributed by atoms with van der Waals surface area (Å²) in [6.45, 7) is 0.775. The zero-order valence-electron chi connectivity index (χ0n) is 12.7. The molecule has 1 N–H and O–H groups in total. The quantitative estimate of drug-likeness (QED) is 0.763. The van der Waals surface area contributed by atoms with Crippen molar-refractivity contribution in [2.45, 2.75) is 12.3 Å². The number of hydrogen-bond donors (Lipinski definition) is 1. The Morgan fingerprint density at radius 3 is 3.08 bits per heavy atom. The summed E-state index contributed by atoms with van der Waals surface area (Å²) in [6.07, 6.45) is 5.68. The lowest BCUT2D eigenvalue weighted by atomic mass is 9.99. The molecule has 3 aromatic rings. The van der Waals surface area contributed by atoms with Crippen molar-refractivity contribution in [2.75, 3.05) is 18.8 Å². The first-order chi connectivity index (χ1) is 11.6. The zero-order chi connectivity index (χ0) is 16.7. The number of nitrogens with one attached hydrogen (secondary N) is 1. The van der Waals surface area contributed by atoms with Gasteiger partial charge >= 0.3 is 0 Å². The Kier molecular flexibility index (Phi) is 3.44. The maximum atomic E-state index is 12.1. The molecule has 9 heteroatoms. The lowest BCUT2D eigenvalue weighted by Gasteiger charge is -2.16. The van der Waals surface area contributed by atoms with Gasteiger partial charge in [-0.2, -0.15) is 5.26 Å². The van der Waals surface area contributed by atoms with Gasteiger partial charge in [-0.1, -0.05) is 0 Å². The fourth-order valence-corrected chi connectivity index (χ4v) is 4.42. The average molecular weight is 342 g/mol. The second-order valence-corrected chi connectivity index (χ2v) is 7.74. The topological polar surface area (TPSA) is 116 Å². The van der Waals surface area contributed by atoms with Crippen molar-refractivity contribution < 1.29 is 8.42 Å². The molecule has 4 heterocycles. The van der Waals surface area contributed by atoms with Crippen LogP contribution in [-0.4, -0.2) is 51.5 Å². The van der Waals surface area contributed by atoms with Gasteiger partial charge < -0.3 is 4.98 Å². The van der Waals surface area contributed by atoms with E-state index < -0.39 is 15.8 Å². The van der Waals surface area contributed by atoms with Crippen LogP contribution in [0.25, 0.3) is 21.9 Å². The third-order valence-corrected chi connectivity index (χ3v) is 6.02. The molecule has 4 rings (SSSR count). The van der Waals surface area contributed by atoms with Gasteiger partial charge in [0.05, 0.1) is 24.1 Å². The summed E-state index contributed by atoms with van der Waals surface area (Å²) in [7, 11) is -3.52. The molecule has 0 amide bonds. The van der Waals surface area contributed by atoms with Gasteiger partial charge in [0.25, 0.3) is 0 Å². The molecular formula is C15H14N6O2S. The van der Waals surface area contributed by atoms with Gasteiger partial charge in [0.1, 0.15) is 0 Å². The van der Waals surface area contributed by atoms with Gasteiger partial charge in [-0.3, -0.25) is 0 Å². The number of fused-ring (bicyclic) bond motifs is 3. The average Bonchev–Trinajstić information content (AvgIpc) is 3.23. The van der Waals surface area contributed by atoms with Crippen LogP contribution in [0, 0.1) is 11.3 Å². The number of hydrogen-bond acceptors (Lipinski definition) is 6.